The molecule has 1 saturated heterocycles. The molecule has 0 bridgehead atoms. The molecule has 1 N–H and O–H groups in total. The number of aliphatic imine (C=N–C) groups is 1. The number of benzene rings is 1. The maximum atomic E-state index is 11.7. The smallest absolute Gasteiger partial charge is 0.259 e. The highest BCUT2D eigenvalue weighted by atomic mass is 127. The summed E-state index contributed by atoms with van der Waals surface area (Å²) in [4.78, 5) is 20.3. The molecule has 3 rings (SSSR count). The van der Waals surface area contributed by atoms with Crippen LogP contribution in [0.4, 0.5) is 0 Å². The third-order valence-electron chi connectivity index (χ3n) is 4.97. The van der Waals surface area contributed by atoms with Crippen molar-refractivity contribution in [2.75, 3.05) is 46.9 Å². The van der Waals surface area contributed by atoms with Crippen LogP contribution in [0.5, 0.6) is 5.75 Å². The predicted molar refractivity (Wildman–Crippen MR) is 134 cm³/mol. The third kappa shape index (κ3) is 7.37. The van der Waals surface area contributed by atoms with Crippen LogP contribution in [0.3, 0.4) is 0 Å². The zero-order chi connectivity index (χ0) is 22.2. The Labute approximate surface area is 206 Å². The zero-order valence-electron chi connectivity index (χ0n) is 19.2. The molecule has 1 aliphatic heterocycles. The lowest BCUT2D eigenvalue weighted by molar-refractivity contribution is -0.130. The van der Waals surface area contributed by atoms with E-state index in [0.29, 0.717) is 25.4 Å². The molecular weight excluding hydrogens is 523 g/mol. The van der Waals surface area contributed by atoms with Crippen molar-refractivity contribution in [1.29, 1.82) is 0 Å². The van der Waals surface area contributed by atoms with Crippen molar-refractivity contribution >= 4 is 35.8 Å². The van der Waals surface area contributed by atoms with Gasteiger partial charge >= 0.3 is 0 Å². The number of halogens is 1. The van der Waals surface area contributed by atoms with E-state index in [0.717, 1.165) is 30.2 Å². The maximum Gasteiger partial charge on any atom is 0.259 e. The Hall–Kier alpha value is -2.34. The first kappa shape index (κ1) is 25.9. The highest BCUT2D eigenvalue weighted by Crippen LogP contribution is 2.22. The average molecular weight is 556 g/mol. The number of carbonyl (C=O) groups excluding carboxylic acids is 1. The standard InChI is InChI=1S/C22H32N6O3.HI/c1-5-23-22(28-9-10-30-20(15-28)18-13-25-27(4)14-18)24-12-17-7-6-8-19(11-17)31-16-21(29)26(2)3;/h6-8,11,13-14,20H,5,9-10,12,15-16H2,1-4H3,(H,23,24);1H. The second-order valence-electron chi connectivity index (χ2n) is 7.65. The van der Waals surface area contributed by atoms with Crippen LogP contribution < -0.4 is 10.1 Å². The van der Waals surface area contributed by atoms with Crippen LogP contribution in [0.2, 0.25) is 0 Å². The van der Waals surface area contributed by atoms with Gasteiger partial charge in [-0.25, -0.2) is 4.99 Å². The van der Waals surface area contributed by atoms with Crippen LogP contribution in [0.1, 0.15) is 24.2 Å². The van der Waals surface area contributed by atoms with E-state index in [1.165, 1.54) is 4.90 Å². The Balaban J connectivity index is 0.00000363. The first-order valence-corrected chi connectivity index (χ1v) is 10.5. The average Bonchev–Trinajstić information content (AvgIpc) is 3.21. The number of carbonyl (C=O) groups is 1. The number of nitrogens with zero attached hydrogens (tertiary/aromatic N) is 5. The SMILES string of the molecule is CCNC(=NCc1cccc(OCC(=O)N(C)C)c1)N1CCOC(c2cnn(C)c2)C1.I. The molecule has 1 aromatic heterocycles. The Morgan fingerprint density at radius 1 is 1.41 bits per heavy atom. The van der Waals surface area contributed by atoms with Crippen molar-refractivity contribution in [3.63, 3.8) is 0 Å². The van der Waals surface area contributed by atoms with Gasteiger partial charge in [0.05, 0.1) is 25.9 Å². The predicted octanol–water partition coefficient (Wildman–Crippen LogP) is 2.04. The van der Waals surface area contributed by atoms with Crippen LogP contribution in [0, 0.1) is 0 Å². The number of amides is 1. The van der Waals surface area contributed by atoms with Gasteiger partial charge in [-0.1, -0.05) is 12.1 Å². The molecule has 9 nitrogen and oxygen atoms in total. The third-order valence-corrected chi connectivity index (χ3v) is 4.97. The van der Waals surface area contributed by atoms with Crippen LogP contribution in [-0.2, 0) is 23.1 Å². The summed E-state index contributed by atoms with van der Waals surface area (Å²) >= 11 is 0. The fourth-order valence-corrected chi connectivity index (χ4v) is 3.25. The monoisotopic (exact) mass is 556 g/mol. The number of likely N-dealkylation sites (N-methyl/N-ethyl adjacent to an activating group) is 1. The van der Waals surface area contributed by atoms with E-state index >= 15 is 0 Å². The highest BCUT2D eigenvalue weighted by Gasteiger charge is 2.25. The molecule has 10 heteroatoms. The van der Waals surface area contributed by atoms with Gasteiger partial charge in [0, 0.05) is 46.0 Å². The Kier molecular flexibility index (Phi) is 10.2. The summed E-state index contributed by atoms with van der Waals surface area (Å²) < 4.78 is 13.4. The fourth-order valence-electron chi connectivity index (χ4n) is 3.25. The molecule has 1 atom stereocenters. The maximum absolute atomic E-state index is 11.7. The minimum Gasteiger partial charge on any atom is -0.484 e. The molecule has 1 fully saturated rings. The number of ether oxygens (including phenoxy) is 2. The van der Waals surface area contributed by atoms with Crippen LogP contribution in [0.25, 0.3) is 0 Å². The summed E-state index contributed by atoms with van der Waals surface area (Å²) in [5.41, 5.74) is 2.09. The molecule has 32 heavy (non-hydrogen) atoms. The van der Waals surface area contributed by atoms with Crippen molar-refractivity contribution in [2.45, 2.75) is 19.6 Å². The summed E-state index contributed by atoms with van der Waals surface area (Å²) in [5, 5.41) is 7.64. The van der Waals surface area contributed by atoms with Gasteiger partial charge in [0.2, 0.25) is 0 Å². The fraction of sp³-hybridized carbons (Fsp3) is 0.500. The van der Waals surface area contributed by atoms with Crippen LogP contribution in [-0.4, -0.2) is 78.4 Å². The second-order valence-corrected chi connectivity index (χ2v) is 7.65. The number of guanidine groups is 1. The minimum atomic E-state index is -0.0756. The van der Waals surface area contributed by atoms with E-state index < -0.39 is 0 Å². The van der Waals surface area contributed by atoms with Gasteiger partial charge in [0.1, 0.15) is 11.9 Å². The van der Waals surface area contributed by atoms with Gasteiger partial charge in [0.15, 0.2) is 12.6 Å². The van der Waals surface area contributed by atoms with E-state index in [-0.39, 0.29) is 42.6 Å². The van der Waals surface area contributed by atoms with Crippen molar-refractivity contribution < 1.29 is 14.3 Å². The first-order valence-electron chi connectivity index (χ1n) is 10.5. The van der Waals surface area contributed by atoms with E-state index in [4.69, 9.17) is 14.5 Å². The van der Waals surface area contributed by atoms with E-state index in [1.807, 2.05) is 43.7 Å². The van der Waals surface area contributed by atoms with Gasteiger partial charge in [-0.2, -0.15) is 5.10 Å². The topological polar surface area (TPSA) is 84.2 Å². The normalized spacial score (nSPS) is 16.3. The number of rotatable bonds is 7. The van der Waals surface area contributed by atoms with E-state index in [9.17, 15) is 4.79 Å². The largest absolute Gasteiger partial charge is 0.484 e. The molecule has 1 aromatic carbocycles. The summed E-state index contributed by atoms with van der Waals surface area (Å²) in [6.45, 7) is 5.50. The van der Waals surface area contributed by atoms with Gasteiger partial charge < -0.3 is 24.6 Å². The molecular formula is C22H33IN6O3. The van der Waals surface area contributed by atoms with Crippen molar-refractivity contribution in [2.24, 2.45) is 12.0 Å². The van der Waals surface area contributed by atoms with E-state index in [2.05, 4.69) is 22.2 Å². The summed E-state index contributed by atoms with van der Waals surface area (Å²) in [5.74, 6) is 1.44. The van der Waals surface area contributed by atoms with Crippen molar-refractivity contribution in [3.8, 4) is 5.75 Å². The molecule has 1 aliphatic rings. The Morgan fingerprint density at radius 3 is 2.91 bits per heavy atom. The Bertz CT molecular complexity index is 901. The quantitative estimate of drug-likeness (QED) is 0.320. The van der Waals surface area contributed by atoms with Gasteiger partial charge in [0.25, 0.3) is 5.91 Å². The number of nitrogens with one attached hydrogen (secondary N) is 1. The number of aryl methyl sites for hydroxylation is 1. The van der Waals surface area contributed by atoms with Gasteiger partial charge in [-0.3, -0.25) is 9.48 Å². The molecule has 176 valence electrons. The van der Waals surface area contributed by atoms with Crippen LogP contribution >= 0.6 is 24.0 Å². The summed E-state index contributed by atoms with van der Waals surface area (Å²) in [7, 11) is 5.33. The molecule has 0 saturated carbocycles. The number of hydrogen-bond donors (Lipinski definition) is 1. The molecule has 2 aromatic rings. The lowest BCUT2D eigenvalue weighted by atomic mass is 10.1. The molecule has 0 aliphatic carbocycles. The molecule has 1 unspecified atom stereocenters. The molecule has 0 radical (unpaired) electrons. The zero-order valence-corrected chi connectivity index (χ0v) is 21.5. The second kappa shape index (κ2) is 12.6. The minimum absolute atomic E-state index is 0. The summed E-state index contributed by atoms with van der Waals surface area (Å²) in [6, 6.07) is 7.70. The van der Waals surface area contributed by atoms with Crippen molar-refractivity contribution in [1.82, 2.24) is 24.9 Å². The van der Waals surface area contributed by atoms with Gasteiger partial charge in [-0.05, 0) is 24.6 Å². The number of morpholine rings is 1. The van der Waals surface area contributed by atoms with E-state index in [1.54, 1.807) is 18.8 Å². The number of aromatic nitrogens is 2. The Morgan fingerprint density at radius 2 is 2.22 bits per heavy atom. The molecule has 0 spiro atoms. The first-order chi connectivity index (χ1) is 15.0. The number of hydrogen-bond acceptors (Lipinski definition) is 5. The van der Waals surface area contributed by atoms with Crippen LogP contribution in [0.15, 0.2) is 41.7 Å². The summed E-state index contributed by atoms with van der Waals surface area (Å²) in [6.07, 6.45) is 3.81. The lowest BCUT2D eigenvalue weighted by Crippen LogP contribution is -2.48. The molecule has 2 heterocycles. The molecule has 1 amide bonds. The highest BCUT2D eigenvalue weighted by molar-refractivity contribution is 14.0. The van der Waals surface area contributed by atoms with Crippen molar-refractivity contribution in [3.05, 3.63) is 47.8 Å². The van der Waals surface area contributed by atoms with Gasteiger partial charge in [-0.15, -0.1) is 24.0 Å². The lowest BCUT2D eigenvalue weighted by Gasteiger charge is -2.34.